The number of rotatable bonds is 10. The fourth-order valence-electron chi connectivity index (χ4n) is 1.94. The number of thiazole rings is 1. The average molecular weight is 287 g/mol. The number of hydrogen-bond acceptors (Lipinski definition) is 4. The van der Waals surface area contributed by atoms with Crippen molar-refractivity contribution in [1.82, 2.24) is 4.98 Å². The molecule has 104 valence electrons. The molecule has 0 atom stereocenters. The van der Waals surface area contributed by atoms with Gasteiger partial charge >= 0.3 is 0 Å². The van der Waals surface area contributed by atoms with E-state index in [1.807, 2.05) is 18.7 Å². The van der Waals surface area contributed by atoms with E-state index < -0.39 is 0 Å². The summed E-state index contributed by atoms with van der Waals surface area (Å²) in [6.45, 7) is 4.31. The minimum absolute atomic E-state index is 0.700. The lowest BCUT2D eigenvalue weighted by Crippen LogP contribution is -1.83. The normalized spacial score (nSPS) is 11.0. The standard InChI is InChI=1S/C14H26N2S2/c1-3-4-5-6-7-8-9-10-11-17-13-12(2)16-14(15)18-13/h3-11H2,1-2H3,(H2,15,16). The summed E-state index contributed by atoms with van der Waals surface area (Å²) in [5, 5.41) is 0.700. The molecular formula is C14H26N2S2. The lowest BCUT2D eigenvalue weighted by Gasteiger charge is -2.01. The van der Waals surface area contributed by atoms with Crippen molar-refractivity contribution < 1.29 is 0 Å². The maximum atomic E-state index is 5.68. The number of hydrogen-bond donors (Lipinski definition) is 1. The SMILES string of the molecule is CCCCCCCCCCSc1sc(N)nc1C. The Morgan fingerprint density at radius 1 is 1.06 bits per heavy atom. The van der Waals surface area contributed by atoms with E-state index in [1.54, 1.807) is 11.3 Å². The predicted molar refractivity (Wildman–Crippen MR) is 84.6 cm³/mol. The Morgan fingerprint density at radius 2 is 1.67 bits per heavy atom. The molecule has 2 N–H and O–H groups in total. The summed E-state index contributed by atoms with van der Waals surface area (Å²) in [5.41, 5.74) is 6.78. The lowest BCUT2D eigenvalue weighted by atomic mass is 10.1. The van der Waals surface area contributed by atoms with Gasteiger partial charge in [-0.2, -0.15) is 0 Å². The molecular weight excluding hydrogens is 260 g/mol. The fourth-order valence-corrected chi connectivity index (χ4v) is 4.03. The van der Waals surface area contributed by atoms with Crippen molar-refractivity contribution >= 4 is 28.2 Å². The van der Waals surface area contributed by atoms with Crippen LogP contribution in [0.3, 0.4) is 0 Å². The molecule has 1 aromatic heterocycles. The van der Waals surface area contributed by atoms with Gasteiger partial charge in [-0.25, -0.2) is 4.98 Å². The van der Waals surface area contributed by atoms with Crippen molar-refractivity contribution in [3.05, 3.63) is 5.69 Å². The van der Waals surface area contributed by atoms with Crippen molar-refractivity contribution in [1.29, 1.82) is 0 Å². The van der Waals surface area contributed by atoms with E-state index in [9.17, 15) is 0 Å². The van der Waals surface area contributed by atoms with E-state index in [2.05, 4.69) is 11.9 Å². The smallest absolute Gasteiger partial charge is 0.181 e. The van der Waals surface area contributed by atoms with E-state index in [1.165, 1.54) is 61.3 Å². The van der Waals surface area contributed by atoms with Crippen LogP contribution in [0.4, 0.5) is 5.13 Å². The van der Waals surface area contributed by atoms with Crippen LogP contribution in [0.1, 0.15) is 64.0 Å². The molecule has 0 aliphatic rings. The van der Waals surface area contributed by atoms with Gasteiger partial charge in [0, 0.05) is 0 Å². The van der Waals surface area contributed by atoms with Crippen LogP contribution in [-0.4, -0.2) is 10.7 Å². The minimum Gasteiger partial charge on any atom is -0.375 e. The van der Waals surface area contributed by atoms with Crippen LogP contribution in [0.2, 0.25) is 0 Å². The van der Waals surface area contributed by atoms with Crippen LogP contribution in [0.25, 0.3) is 0 Å². The summed E-state index contributed by atoms with van der Waals surface area (Å²) in [6.07, 6.45) is 11.1. The fraction of sp³-hybridized carbons (Fsp3) is 0.786. The number of nitrogens with two attached hydrogens (primary N) is 1. The zero-order chi connectivity index (χ0) is 13.2. The highest BCUT2D eigenvalue weighted by atomic mass is 32.2. The highest BCUT2D eigenvalue weighted by Crippen LogP contribution is 2.31. The quantitative estimate of drug-likeness (QED) is 0.470. The van der Waals surface area contributed by atoms with Crippen LogP contribution >= 0.6 is 23.1 Å². The van der Waals surface area contributed by atoms with Crippen LogP contribution in [0.5, 0.6) is 0 Å². The van der Waals surface area contributed by atoms with Crippen molar-refractivity contribution in [3.8, 4) is 0 Å². The Balaban J connectivity index is 1.94. The zero-order valence-electron chi connectivity index (χ0n) is 11.7. The summed E-state index contributed by atoms with van der Waals surface area (Å²) >= 11 is 3.54. The molecule has 0 spiro atoms. The van der Waals surface area contributed by atoms with Crippen LogP contribution in [-0.2, 0) is 0 Å². The summed E-state index contributed by atoms with van der Waals surface area (Å²) < 4.78 is 1.30. The number of thioether (sulfide) groups is 1. The molecule has 0 aliphatic heterocycles. The molecule has 0 saturated heterocycles. The number of nitrogen functional groups attached to an aromatic ring is 1. The number of nitrogens with zero attached hydrogens (tertiary/aromatic N) is 1. The third-order valence-corrected chi connectivity index (χ3v) is 5.44. The molecule has 1 aromatic rings. The molecule has 4 heteroatoms. The molecule has 18 heavy (non-hydrogen) atoms. The first-order valence-electron chi connectivity index (χ1n) is 7.09. The van der Waals surface area contributed by atoms with Gasteiger partial charge in [-0.1, -0.05) is 63.2 Å². The van der Waals surface area contributed by atoms with Gasteiger partial charge in [-0.3, -0.25) is 0 Å². The largest absolute Gasteiger partial charge is 0.375 e. The third kappa shape index (κ3) is 6.64. The second kappa shape index (κ2) is 9.68. The second-order valence-corrected chi connectivity index (χ2v) is 7.14. The van der Waals surface area contributed by atoms with Crippen LogP contribution in [0, 0.1) is 6.92 Å². The minimum atomic E-state index is 0.700. The van der Waals surface area contributed by atoms with Gasteiger partial charge < -0.3 is 5.73 Å². The Labute approximate surface area is 120 Å². The highest BCUT2D eigenvalue weighted by Gasteiger charge is 2.04. The molecule has 0 fully saturated rings. The van der Waals surface area contributed by atoms with Gasteiger partial charge in [0.15, 0.2) is 5.13 Å². The van der Waals surface area contributed by atoms with Gasteiger partial charge in [0.1, 0.15) is 0 Å². The van der Waals surface area contributed by atoms with E-state index in [0.717, 1.165) is 5.69 Å². The predicted octanol–water partition coefficient (Wildman–Crippen LogP) is 5.27. The lowest BCUT2D eigenvalue weighted by molar-refractivity contribution is 0.586. The first-order chi connectivity index (χ1) is 8.74. The summed E-state index contributed by atoms with van der Waals surface area (Å²) in [4.78, 5) is 4.24. The zero-order valence-corrected chi connectivity index (χ0v) is 13.3. The monoisotopic (exact) mass is 286 g/mol. The number of unbranched alkanes of at least 4 members (excludes halogenated alkanes) is 7. The van der Waals surface area contributed by atoms with E-state index in [4.69, 9.17) is 5.73 Å². The molecule has 0 aliphatic carbocycles. The first kappa shape index (κ1) is 15.8. The highest BCUT2D eigenvalue weighted by molar-refractivity contribution is 8.01. The topological polar surface area (TPSA) is 38.9 Å². The van der Waals surface area contributed by atoms with Crippen LogP contribution in [0.15, 0.2) is 4.21 Å². The van der Waals surface area contributed by atoms with Crippen molar-refractivity contribution in [2.24, 2.45) is 0 Å². The molecule has 0 aromatic carbocycles. The van der Waals surface area contributed by atoms with E-state index in [-0.39, 0.29) is 0 Å². The molecule has 1 heterocycles. The Morgan fingerprint density at radius 3 is 2.22 bits per heavy atom. The summed E-state index contributed by atoms with van der Waals surface area (Å²) in [5.74, 6) is 1.21. The van der Waals surface area contributed by atoms with Crippen molar-refractivity contribution in [3.63, 3.8) is 0 Å². The number of anilines is 1. The van der Waals surface area contributed by atoms with Crippen molar-refractivity contribution in [2.75, 3.05) is 11.5 Å². The molecule has 0 radical (unpaired) electrons. The first-order valence-corrected chi connectivity index (χ1v) is 8.90. The van der Waals surface area contributed by atoms with Crippen molar-refractivity contribution in [2.45, 2.75) is 69.4 Å². The Kier molecular flexibility index (Phi) is 8.51. The molecule has 0 bridgehead atoms. The van der Waals surface area contributed by atoms with Gasteiger partial charge in [0.2, 0.25) is 0 Å². The molecule has 0 amide bonds. The number of aryl methyl sites for hydroxylation is 1. The Hall–Kier alpha value is -0.220. The summed E-state index contributed by atoms with van der Waals surface area (Å²) in [6, 6.07) is 0. The molecule has 2 nitrogen and oxygen atoms in total. The summed E-state index contributed by atoms with van der Waals surface area (Å²) in [7, 11) is 0. The molecule has 0 unspecified atom stereocenters. The molecule has 1 rings (SSSR count). The van der Waals surface area contributed by atoms with E-state index in [0.29, 0.717) is 5.13 Å². The number of aromatic nitrogens is 1. The molecule has 0 saturated carbocycles. The van der Waals surface area contributed by atoms with Gasteiger partial charge in [0.05, 0.1) is 9.90 Å². The maximum Gasteiger partial charge on any atom is 0.181 e. The third-order valence-electron chi connectivity index (χ3n) is 3.00. The van der Waals surface area contributed by atoms with Crippen LogP contribution < -0.4 is 5.73 Å². The average Bonchev–Trinajstić information content (AvgIpc) is 2.66. The van der Waals surface area contributed by atoms with Gasteiger partial charge in [-0.15, -0.1) is 11.8 Å². The van der Waals surface area contributed by atoms with Gasteiger partial charge in [0.25, 0.3) is 0 Å². The van der Waals surface area contributed by atoms with Gasteiger partial charge in [-0.05, 0) is 19.1 Å². The maximum absolute atomic E-state index is 5.68. The Bertz CT molecular complexity index is 324. The van der Waals surface area contributed by atoms with E-state index >= 15 is 0 Å². The second-order valence-electron chi connectivity index (χ2n) is 4.75.